The van der Waals surface area contributed by atoms with Gasteiger partial charge in [0.05, 0.1) is 22.4 Å². The monoisotopic (exact) mass is 348 g/mol. The summed E-state index contributed by atoms with van der Waals surface area (Å²) in [6, 6.07) is 9.33. The summed E-state index contributed by atoms with van der Waals surface area (Å²) in [6.07, 6.45) is 5.17. The first-order valence-electron chi connectivity index (χ1n) is 8.46. The fraction of sp³-hybridized carbons (Fsp3) is 0.150. The Morgan fingerprint density at radius 3 is 2.42 bits per heavy atom. The van der Waals surface area contributed by atoms with E-state index in [-0.39, 0.29) is 0 Å². The molecule has 0 saturated carbocycles. The number of nitrogens with zero attached hydrogens (tertiary/aromatic N) is 4. The summed E-state index contributed by atoms with van der Waals surface area (Å²) < 4.78 is 29.7. The van der Waals surface area contributed by atoms with Gasteiger partial charge in [0.25, 0.3) is 0 Å². The van der Waals surface area contributed by atoms with Crippen molar-refractivity contribution in [2.24, 2.45) is 0 Å². The van der Waals surface area contributed by atoms with Gasteiger partial charge in [0.15, 0.2) is 0 Å². The second-order valence-corrected chi connectivity index (χ2v) is 6.40. The van der Waals surface area contributed by atoms with Gasteiger partial charge >= 0.3 is 0 Å². The highest BCUT2D eigenvalue weighted by molar-refractivity contribution is 5.85. The van der Waals surface area contributed by atoms with Crippen LogP contribution in [0.2, 0.25) is 0 Å². The Labute approximate surface area is 148 Å². The van der Waals surface area contributed by atoms with Gasteiger partial charge in [0.1, 0.15) is 17.5 Å². The molecule has 0 bridgehead atoms. The highest BCUT2D eigenvalue weighted by Crippen LogP contribution is 2.36. The normalized spacial score (nSPS) is 13.3. The number of benzene rings is 2. The SMILES string of the molecule is Fc1cc(F)cc(-c2nc3n(c2-c2ccc4nccnc4c2)CCC3)c1. The zero-order chi connectivity index (χ0) is 17.7. The number of aryl methyl sites for hydroxylation is 1. The van der Waals surface area contributed by atoms with E-state index in [4.69, 9.17) is 4.98 Å². The van der Waals surface area contributed by atoms with Crippen LogP contribution in [0.15, 0.2) is 48.8 Å². The maximum atomic E-state index is 13.8. The van der Waals surface area contributed by atoms with E-state index in [9.17, 15) is 8.78 Å². The average molecular weight is 348 g/mol. The zero-order valence-corrected chi connectivity index (χ0v) is 13.8. The Hall–Kier alpha value is -3.15. The molecule has 0 spiro atoms. The van der Waals surface area contributed by atoms with Crippen LogP contribution >= 0.6 is 0 Å². The Kier molecular flexibility index (Phi) is 3.31. The molecule has 0 radical (unpaired) electrons. The topological polar surface area (TPSA) is 43.6 Å². The fourth-order valence-electron chi connectivity index (χ4n) is 3.62. The van der Waals surface area contributed by atoms with Crippen molar-refractivity contribution in [2.75, 3.05) is 0 Å². The lowest BCUT2D eigenvalue weighted by Gasteiger charge is -2.10. The second-order valence-electron chi connectivity index (χ2n) is 6.40. The van der Waals surface area contributed by atoms with Gasteiger partial charge in [0.2, 0.25) is 0 Å². The molecule has 5 rings (SSSR count). The molecule has 0 saturated heterocycles. The molecule has 0 amide bonds. The van der Waals surface area contributed by atoms with Crippen molar-refractivity contribution in [3.8, 4) is 22.5 Å². The van der Waals surface area contributed by atoms with Gasteiger partial charge in [-0.25, -0.2) is 13.8 Å². The van der Waals surface area contributed by atoms with E-state index in [0.29, 0.717) is 11.3 Å². The van der Waals surface area contributed by atoms with Crippen molar-refractivity contribution in [2.45, 2.75) is 19.4 Å². The lowest BCUT2D eigenvalue weighted by molar-refractivity contribution is 0.584. The first kappa shape index (κ1) is 15.1. The van der Waals surface area contributed by atoms with Gasteiger partial charge in [0, 0.05) is 42.6 Å². The van der Waals surface area contributed by atoms with Crippen molar-refractivity contribution in [3.63, 3.8) is 0 Å². The Bertz CT molecular complexity index is 1130. The lowest BCUT2D eigenvalue weighted by Crippen LogP contribution is -1.97. The van der Waals surface area contributed by atoms with Crippen LogP contribution in [-0.4, -0.2) is 19.5 Å². The van der Waals surface area contributed by atoms with Crippen molar-refractivity contribution in [3.05, 3.63) is 66.3 Å². The molecule has 0 aliphatic carbocycles. The Morgan fingerprint density at radius 2 is 1.62 bits per heavy atom. The summed E-state index contributed by atoms with van der Waals surface area (Å²) >= 11 is 0. The highest BCUT2D eigenvalue weighted by Gasteiger charge is 2.24. The molecule has 2 aromatic heterocycles. The van der Waals surface area contributed by atoms with Gasteiger partial charge in [-0.1, -0.05) is 6.07 Å². The molecule has 1 aliphatic rings. The Balaban J connectivity index is 1.77. The van der Waals surface area contributed by atoms with Gasteiger partial charge in [-0.05, 0) is 30.7 Å². The molecule has 4 nitrogen and oxygen atoms in total. The number of imidazole rings is 1. The van der Waals surface area contributed by atoms with Crippen LogP contribution in [-0.2, 0) is 13.0 Å². The predicted octanol–water partition coefficient (Wildman–Crippen LogP) is 4.38. The standard InChI is InChI=1S/C20H14F2N4/c21-14-8-13(9-15(22)11-14)19-20(26-7-1-2-18(26)25-19)12-3-4-16-17(10-12)24-6-5-23-16/h3-6,8-11H,1-2,7H2. The largest absolute Gasteiger partial charge is 0.327 e. The van der Waals surface area contributed by atoms with E-state index in [0.717, 1.165) is 53.6 Å². The third-order valence-electron chi connectivity index (χ3n) is 4.71. The maximum absolute atomic E-state index is 13.8. The van der Waals surface area contributed by atoms with Crippen molar-refractivity contribution in [1.29, 1.82) is 0 Å². The van der Waals surface area contributed by atoms with Crippen LogP contribution in [0.3, 0.4) is 0 Å². The van der Waals surface area contributed by atoms with Crippen LogP contribution in [0.5, 0.6) is 0 Å². The van der Waals surface area contributed by atoms with Crippen LogP contribution < -0.4 is 0 Å². The highest BCUT2D eigenvalue weighted by atomic mass is 19.1. The minimum absolute atomic E-state index is 0.443. The first-order valence-corrected chi connectivity index (χ1v) is 8.46. The molecule has 1 aliphatic heterocycles. The van der Waals surface area contributed by atoms with E-state index >= 15 is 0 Å². The molecule has 4 aromatic rings. The second kappa shape index (κ2) is 5.69. The summed E-state index contributed by atoms with van der Waals surface area (Å²) in [5, 5.41) is 0. The summed E-state index contributed by atoms with van der Waals surface area (Å²) in [4.78, 5) is 13.4. The number of hydrogen-bond acceptors (Lipinski definition) is 3. The summed E-state index contributed by atoms with van der Waals surface area (Å²) in [6.45, 7) is 0.841. The summed E-state index contributed by atoms with van der Waals surface area (Å²) in [5.41, 5.74) is 4.40. The molecular formula is C20H14F2N4. The summed E-state index contributed by atoms with van der Waals surface area (Å²) in [5.74, 6) is -0.272. The van der Waals surface area contributed by atoms with E-state index in [1.54, 1.807) is 12.4 Å². The van der Waals surface area contributed by atoms with Crippen molar-refractivity contribution in [1.82, 2.24) is 19.5 Å². The molecule has 2 aromatic carbocycles. The zero-order valence-electron chi connectivity index (χ0n) is 13.8. The van der Waals surface area contributed by atoms with E-state index in [1.165, 1.54) is 12.1 Å². The fourth-order valence-corrected chi connectivity index (χ4v) is 3.62. The molecule has 3 heterocycles. The van der Waals surface area contributed by atoms with Crippen molar-refractivity contribution < 1.29 is 8.78 Å². The van der Waals surface area contributed by atoms with Gasteiger partial charge in [-0.15, -0.1) is 0 Å². The quantitative estimate of drug-likeness (QED) is 0.540. The number of rotatable bonds is 2. The molecule has 128 valence electrons. The van der Waals surface area contributed by atoms with Crippen LogP contribution in [0.4, 0.5) is 8.78 Å². The van der Waals surface area contributed by atoms with Crippen LogP contribution in [0, 0.1) is 11.6 Å². The van der Waals surface area contributed by atoms with Gasteiger partial charge < -0.3 is 4.57 Å². The molecule has 0 fully saturated rings. The third-order valence-corrected chi connectivity index (χ3v) is 4.71. The molecule has 0 N–H and O–H groups in total. The van der Waals surface area contributed by atoms with E-state index in [2.05, 4.69) is 14.5 Å². The predicted molar refractivity (Wildman–Crippen MR) is 94.4 cm³/mol. The minimum atomic E-state index is -0.608. The number of hydrogen-bond donors (Lipinski definition) is 0. The molecule has 0 unspecified atom stereocenters. The molecular weight excluding hydrogens is 334 g/mol. The smallest absolute Gasteiger partial charge is 0.126 e. The Morgan fingerprint density at radius 1 is 0.846 bits per heavy atom. The maximum Gasteiger partial charge on any atom is 0.126 e. The third kappa shape index (κ3) is 2.37. The number of aromatic nitrogens is 4. The number of fused-ring (bicyclic) bond motifs is 2. The van der Waals surface area contributed by atoms with Gasteiger partial charge in [-0.2, -0.15) is 0 Å². The molecule has 26 heavy (non-hydrogen) atoms. The summed E-state index contributed by atoms with van der Waals surface area (Å²) in [7, 11) is 0. The molecule has 6 heteroatoms. The average Bonchev–Trinajstić information content (AvgIpc) is 3.21. The lowest BCUT2D eigenvalue weighted by atomic mass is 10.0. The number of halogens is 2. The minimum Gasteiger partial charge on any atom is -0.327 e. The van der Waals surface area contributed by atoms with E-state index < -0.39 is 11.6 Å². The van der Waals surface area contributed by atoms with Crippen LogP contribution in [0.1, 0.15) is 12.2 Å². The van der Waals surface area contributed by atoms with Crippen molar-refractivity contribution >= 4 is 11.0 Å². The first-order chi connectivity index (χ1) is 12.7. The van der Waals surface area contributed by atoms with E-state index in [1.807, 2.05) is 18.2 Å². The molecule has 0 atom stereocenters. The van der Waals surface area contributed by atoms with Crippen LogP contribution in [0.25, 0.3) is 33.5 Å². The van der Waals surface area contributed by atoms with Gasteiger partial charge in [-0.3, -0.25) is 9.97 Å².